The lowest BCUT2D eigenvalue weighted by molar-refractivity contribution is -0.134. The summed E-state index contributed by atoms with van der Waals surface area (Å²) in [5, 5.41) is 5.05. The van der Waals surface area contributed by atoms with E-state index in [1.54, 1.807) is 4.52 Å². The fraction of sp³-hybridized carbons (Fsp3) is 0.625. The van der Waals surface area contributed by atoms with Crippen LogP contribution in [0.5, 0.6) is 0 Å². The SMILES string of the molecule is Cc1cc(C)n2nc(SCC(=O)N3C(C)CCCC3C)nc2n1. The lowest BCUT2D eigenvalue weighted by Crippen LogP contribution is -2.48. The first-order valence-electron chi connectivity index (χ1n) is 8.10. The number of rotatable bonds is 3. The maximum atomic E-state index is 12.6. The van der Waals surface area contributed by atoms with Gasteiger partial charge < -0.3 is 4.90 Å². The van der Waals surface area contributed by atoms with Crippen LogP contribution in [-0.2, 0) is 4.79 Å². The summed E-state index contributed by atoms with van der Waals surface area (Å²) in [6.07, 6.45) is 3.39. The molecule has 1 fully saturated rings. The number of nitrogens with zero attached hydrogens (tertiary/aromatic N) is 5. The van der Waals surface area contributed by atoms with Gasteiger partial charge in [-0.2, -0.15) is 4.98 Å². The van der Waals surface area contributed by atoms with Crippen LogP contribution in [0.3, 0.4) is 0 Å². The van der Waals surface area contributed by atoms with Crippen LogP contribution in [-0.4, -0.2) is 48.2 Å². The van der Waals surface area contributed by atoms with Crippen molar-refractivity contribution in [2.24, 2.45) is 0 Å². The smallest absolute Gasteiger partial charge is 0.253 e. The summed E-state index contributed by atoms with van der Waals surface area (Å²) in [7, 11) is 0. The zero-order valence-electron chi connectivity index (χ0n) is 14.1. The molecular formula is C16H23N5OS. The molecule has 0 aliphatic carbocycles. The number of thioether (sulfide) groups is 1. The van der Waals surface area contributed by atoms with E-state index >= 15 is 0 Å². The Morgan fingerprint density at radius 1 is 1.26 bits per heavy atom. The van der Waals surface area contributed by atoms with E-state index in [1.807, 2.05) is 24.8 Å². The summed E-state index contributed by atoms with van der Waals surface area (Å²) in [6.45, 7) is 8.19. The number of piperidine rings is 1. The van der Waals surface area contributed by atoms with Crippen molar-refractivity contribution in [3.05, 3.63) is 17.5 Å². The van der Waals surface area contributed by atoms with Gasteiger partial charge in [0.1, 0.15) is 0 Å². The molecule has 1 saturated heterocycles. The molecule has 23 heavy (non-hydrogen) atoms. The van der Waals surface area contributed by atoms with Crippen molar-refractivity contribution in [2.75, 3.05) is 5.75 Å². The van der Waals surface area contributed by atoms with Gasteiger partial charge in [-0.15, -0.1) is 5.10 Å². The molecule has 3 rings (SSSR count). The van der Waals surface area contributed by atoms with Crippen LogP contribution >= 0.6 is 11.8 Å². The molecule has 124 valence electrons. The van der Waals surface area contributed by atoms with Crippen molar-refractivity contribution in [2.45, 2.75) is 64.2 Å². The zero-order valence-corrected chi connectivity index (χ0v) is 14.9. The van der Waals surface area contributed by atoms with Crippen molar-refractivity contribution in [3.8, 4) is 0 Å². The van der Waals surface area contributed by atoms with Gasteiger partial charge in [-0.3, -0.25) is 4.79 Å². The minimum atomic E-state index is 0.175. The van der Waals surface area contributed by atoms with E-state index in [0.717, 1.165) is 24.2 Å². The average Bonchev–Trinajstić information content (AvgIpc) is 2.88. The number of carbonyl (C=O) groups is 1. The third-order valence-corrected chi connectivity index (χ3v) is 5.23. The van der Waals surface area contributed by atoms with Gasteiger partial charge in [0, 0.05) is 23.5 Å². The van der Waals surface area contributed by atoms with Gasteiger partial charge in [0.25, 0.3) is 5.78 Å². The second-order valence-electron chi connectivity index (χ2n) is 6.36. The highest BCUT2D eigenvalue weighted by atomic mass is 32.2. The minimum absolute atomic E-state index is 0.175. The summed E-state index contributed by atoms with van der Waals surface area (Å²) in [5.74, 6) is 1.15. The predicted molar refractivity (Wildman–Crippen MR) is 90.6 cm³/mol. The third-order valence-electron chi connectivity index (χ3n) is 4.41. The molecule has 3 heterocycles. The highest BCUT2D eigenvalue weighted by Gasteiger charge is 2.28. The van der Waals surface area contributed by atoms with Gasteiger partial charge >= 0.3 is 0 Å². The molecule has 0 aromatic carbocycles. The van der Waals surface area contributed by atoms with Crippen LogP contribution in [0.4, 0.5) is 0 Å². The van der Waals surface area contributed by atoms with Crippen LogP contribution < -0.4 is 0 Å². The van der Waals surface area contributed by atoms with E-state index < -0.39 is 0 Å². The van der Waals surface area contributed by atoms with Crippen molar-refractivity contribution < 1.29 is 4.79 Å². The van der Waals surface area contributed by atoms with Crippen LogP contribution in [0.1, 0.15) is 44.5 Å². The molecule has 2 atom stereocenters. The third kappa shape index (κ3) is 3.34. The van der Waals surface area contributed by atoms with Gasteiger partial charge in [0.05, 0.1) is 5.75 Å². The minimum Gasteiger partial charge on any atom is -0.337 e. The number of carbonyl (C=O) groups excluding carboxylic acids is 1. The van der Waals surface area contributed by atoms with Gasteiger partial charge in [-0.05, 0) is 53.0 Å². The first-order valence-corrected chi connectivity index (χ1v) is 9.09. The Hall–Kier alpha value is -1.63. The Labute approximate surface area is 140 Å². The summed E-state index contributed by atoms with van der Waals surface area (Å²) >= 11 is 1.39. The molecule has 2 unspecified atom stereocenters. The Kier molecular flexibility index (Phi) is 4.57. The first-order chi connectivity index (χ1) is 11.0. The zero-order chi connectivity index (χ0) is 16.6. The highest BCUT2D eigenvalue weighted by Crippen LogP contribution is 2.24. The Bertz CT molecular complexity index is 719. The molecule has 1 amide bonds. The molecule has 7 heteroatoms. The number of likely N-dealkylation sites (tertiary alicyclic amines) is 1. The molecule has 1 aliphatic heterocycles. The average molecular weight is 333 g/mol. The quantitative estimate of drug-likeness (QED) is 0.808. The highest BCUT2D eigenvalue weighted by molar-refractivity contribution is 7.99. The van der Waals surface area contributed by atoms with Gasteiger partial charge in [-0.1, -0.05) is 11.8 Å². The van der Waals surface area contributed by atoms with Crippen molar-refractivity contribution >= 4 is 23.4 Å². The summed E-state index contributed by atoms with van der Waals surface area (Å²) in [6, 6.07) is 2.62. The molecule has 0 spiro atoms. The normalized spacial score (nSPS) is 21.8. The van der Waals surface area contributed by atoms with Crippen LogP contribution in [0.15, 0.2) is 11.2 Å². The summed E-state index contributed by atoms with van der Waals surface area (Å²) in [5.41, 5.74) is 1.92. The summed E-state index contributed by atoms with van der Waals surface area (Å²) in [4.78, 5) is 23.4. The lowest BCUT2D eigenvalue weighted by Gasteiger charge is -2.39. The maximum Gasteiger partial charge on any atom is 0.253 e. The van der Waals surface area contributed by atoms with Crippen molar-refractivity contribution in [3.63, 3.8) is 0 Å². The Balaban J connectivity index is 1.70. The van der Waals surface area contributed by atoms with Crippen LogP contribution in [0, 0.1) is 13.8 Å². The van der Waals surface area contributed by atoms with Gasteiger partial charge in [0.2, 0.25) is 11.1 Å². The number of fused-ring (bicyclic) bond motifs is 1. The number of hydrogen-bond donors (Lipinski definition) is 0. The number of hydrogen-bond acceptors (Lipinski definition) is 5. The molecule has 6 nitrogen and oxygen atoms in total. The Morgan fingerprint density at radius 2 is 1.96 bits per heavy atom. The fourth-order valence-corrected chi connectivity index (χ4v) is 4.01. The van der Waals surface area contributed by atoms with Crippen LogP contribution in [0.25, 0.3) is 5.78 Å². The topological polar surface area (TPSA) is 63.4 Å². The molecule has 2 aromatic heterocycles. The molecule has 0 N–H and O–H groups in total. The number of amides is 1. The fourth-order valence-electron chi connectivity index (χ4n) is 3.32. The lowest BCUT2D eigenvalue weighted by atomic mass is 9.98. The second-order valence-corrected chi connectivity index (χ2v) is 7.31. The van der Waals surface area contributed by atoms with Gasteiger partial charge in [0.15, 0.2) is 0 Å². The molecule has 0 saturated carbocycles. The van der Waals surface area contributed by atoms with E-state index in [4.69, 9.17) is 0 Å². The molecule has 2 aromatic rings. The van der Waals surface area contributed by atoms with Crippen molar-refractivity contribution in [1.29, 1.82) is 0 Å². The first kappa shape index (κ1) is 16.2. The molecule has 0 bridgehead atoms. The summed E-state index contributed by atoms with van der Waals surface area (Å²) < 4.78 is 1.73. The van der Waals surface area contributed by atoms with E-state index in [1.165, 1.54) is 18.2 Å². The molecule has 0 radical (unpaired) electrons. The molecule has 1 aliphatic rings. The van der Waals surface area contributed by atoms with Gasteiger partial charge in [-0.25, -0.2) is 9.50 Å². The number of aryl methyl sites for hydroxylation is 2. The van der Waals surface area contributed by atoms with Crippen molar-refractivity contribution in [1.82, 2.24) is 24.5 Å². The van der Waals surface area contributed by atoms with E-state index in [-0.39, 0.29) is 5.91 Å². The largest absolute Gasteiger partial charge is 0.337 e. The molecular weight excluding hydrogens is 310 g/mol. The van der Waals surface area contributed by atoms with E-state index in [0.29, 0.717) is 28.8 Å². The van der Waals surface area contributed by atoms with E-state index in [9.17, 15) is 4.79 Å². The van der Waals surface area contributed by atoms with Crippen LogP contribution in [0.2, 0.25) is 0 Å². The Morgan fingerprint density at radius 3 is 2.65 bits per heavy atom. The maximum absolute atomic E-state index is 12.6. The second kappa shape index (κ2) is 6.47. The monoisotopic (exact) mass is 333 g/mol. The van der Waals surface area contributed by atoms with E-state index in [2.05, 4.69) is 28.9 Å². The standard InChI is InChI=1S/C16H23N5OS/c1-10-8-13(4)21-15(17-10)18-16(19-21)23-9-14(22)20-11(2)6-5-7-12(20)3/h8,11-12H,5-7,9H2,1-4H3. The predicted octanol–water partition coefficient (Wildman–Crippen LogP) is 2.62. The number of aromatic nitrogens is 4.